The van der Waals surface area contributed by atoms with E-state index >= 15 is 0 Å². The summed E-state index contributed by atoms with van der Waals surface area (Å²) >= 11 is 3.45. The lowest BCUT2D eigenvalue weighted by atomic mass is 10.1. The first kappa shape index (κ1) is 13.2. The lowest BCUT2D eigenvalue weighted by molar-refractivity contribution is 0.373. The van der Waals surface area contributed by atoms with Crippen molar-refractivity contribution in [2.24, 2.45) is 0 Å². The van der Waals surface area contributed by atoms with E-state index in [0.29, 0.717) is 28.9 Å². The van der Waals surface area contributed by atoms with E-state index < -0.39 is 0 Å². The van der Waals surface area contributed by atoms with Gasteiger partial charge < -0.3 is 15.6 Å². The van der Waals surface area contributed by atoms with Crippen LogP contribution >= 0.6 is 15.9 Å². The Hall–Kier alpha value is -1.82. The van der Waals surface area contributed by atoms with Crippen LogP contribution in [0.25, 0.3) is 11.4 Å². The van der Waals surface area contributed by atoms with Gasteiger partial charge in [-0.15, -0.1) is 0 Å². The second-order valence-electron chi connectivity index (χ2n) is 4.79. The summed E-state index contributed by atoms with van der Waals surface area (Å²) in [7, 11) is 1.51. The highest BCUT2D eigenvalue weighted by Crippen LogP contribution is 2.44. The van der Waals surface area contributed by atoms with E-state index in [-0.39, 0.29) is 5.75 Å². The third-order valence-corrected chi connectivity index (χ3v) is 4.12. The van der Waals surface area contributed by atoms with Crippen LogP contribution in [0.1, 0.15) is 24.5 Å². The number of phenolic OH excluding ortho intramolecular Hbond substituents is 1. The maximum atomic E-state index is 9.85. The monoisotopic (exact) mass is 335 g/mol. The summed E-state index contributed by atoms with van der Waals surface area (Å²) in [4.78, 5) is 8.85. The van der Waals surface area contributed by atoms with Crippen molar-refractivity contribution in [2.45, 2.75) is 18.8 Å². The minimum absolute atomic E-state index is 0.0584. The number of phenols is 1. The van der Waals surface area contributed by atoms with Crippen LogP contribution in [0.5, 0.6) is 11.5 Å². The molecule has 104 valence electrons. The Kier molecular flexibility index (Phi) is 3.25. The quantitative estimate of drug-likeness (QED) is 0.900. The van der Waals surface area contributed by atoms with Crippen LogP contribution in [-0.4, -0.2) is 22.2 Å². The molecular formula is C14H14BrN3O2. The van der Waals surface area contributed by atoms with Crippen molar-refractivity contribution in [2.75, 3.05) is 12.8 Å². The van der Waals surface area contributed by atoms with Crippen molar-refractivity contribution in [1.82, 2.24) is 9.97 Å². The molecule has 1 saturated carbocycles. The number of nitrogens with two attached hydrogens (primary N) is 1. The summed E-state index contributed by atoms with van der Waals surface area (Å²) in [5, 5.41) is 9.85. The highest BCUT2D eigenvalue weighted by Gasteiger charge is 2.29. The average Bonchev–Trinajstić information content (AvgIpc) is 3.26. The molecule has 1 heterocycles. The molecule has 3 rings (SSSR count). The van der Waals surface area contributed by atoms with Crippen molar-refractivity contribution in [3.8, 4) is 22.9 Å². The summed E-state index contributed by atoms with van der Waals surface area (Å²) in [5.41, 5.74) is 7.59. The summed E-state index contributed by atoms with van der Waals surface area (Å²) < 4.78 is 5.81. The highest BCUT2D eigenvalue weighted by atomic mass is 79.9. The molecule has 1 fully saturated rings. The van der Waals surface area contributed by atoms with Gasteiger partial charge in [0.1, 0.15) is 5.82 Å². The molecule has 0 unspecified atom stereocenters. The molecule has 0 radical (unpaired) electrons. The molecule has 0 spiro atoms. The van der Waals surface area contributed by atoms with Crippen molar-refractivity contribution in [1.29, 1.82) is 0 Å². The van der Waals surface area contributed by atoms with Gasteiger partial charge in [0.25, 0.3) is 0 Å². The molecule has 0 amide bonds. The normalized spacial score (nSPS) is 14.3. The number of hydrogen-bond acceptors (Lipinski definition) is 5. The molecule has 1 aromatic heterocycles. The number of hydrogen-bond donors (Lipinski definition) is 2. The van der Waals surface area contributed by atoms with Crippen LogP contribution < -0.4 is 10.5 Å². The van der Waals surface area contributed by atoms with Crippen LogP contribution in [0.15, 0.2) is 22.7 Å². The second-order valence-corrected chi connectivity index (χ2v) is 5.59. The van der Waals surface area contributed by atoms with Crippen LogP contribution in [0.2, 0.25) is 0 Å². The van der Waals surface area contributed by atoms with E-state index in [9.17, 15) is 5.11 Å². The molecule has 0 atom stereocenters. The van der Waals surface area contributed by atoms with E-state index in [1.54, 1.807) is 18.2 Å². The Morgan fingerprint density at radius 1 is 1.35 bits per heavy atom. The smallest absolute Gasteiger partial charge is 0.161 e. The number of ether oxygens (including phenoxy) is 1. The van der Waals surface area contributed by atoms with Crippen LogP contribution in [-0.2, 0) is 0 Å². The minimum atomic E-state index is 0.0584. The van der Waals surface area contributed by atoms with Gasteiger partial charge in [-0.05, 0) is 47.0 Å². The number of benzene rings is 1. The Morgan fingerprint density at radius 2 is 2.10 bits per heavy atom. The molecule has 2 aromatic rings. The van der Waals surface area contributed by atoms with Crippen LogP contribution in [0, 0.1) is 0 Å². The minimum Gasteiger partial charge on any atom is -0.504 e. The maximum Gasteiger partial charge on any atom is 0.161 e. The lowest BCUT2D eigenvalue weighted by Gasteiger charge is -2.09. The number of halogens is 1. The van der Waals surface area contributed by atoms with E-state index in [2.05, 4.69) is 25.9 Å². The second kappa shape index (κ2) is 4.94. The molecule has 6 heteroatoms. The van der Waals surface area contributed by atoms with E-state index in [1.807, 2.05) is 0 Å². The molecule has 5 nitrogen and oxygen atoms in total. The Morgan fingerprint density at radius 3 is 2.70 bits per heavy atom. The number of anilines is 1. The number of methoxy groups -OCH3 is 1. The van der Waals surface area contributed by atoms with Crippen molar-refractivity contribution >= 4 is 21.7 Å². The number of aromatic hydroxyl groups is 1. The van der Waals surface area contributed by atoms with E-state index in [0.717, 1.165) is 23.0 Å². The molecule has 0 aliphatic heterocycles. The highest BCUT2D eigenvalue weighted by molar-refractivity contribution is 9.10. The van der Waals surface area contributed by atoms with Gasteiger partial charge in [-0.25, -0.2) is 9.97 Å². The Labute approximate surface area is 124 Å². The Bertz CT molecular complexity index is 672. The van der Waals surface area contributed by atoms with Gasteiger partial charge in [0.15, 0.2) is 17.3 Å². The molecular weight excluding hydrogens is 322 g/mol. The van der Waals surface area contributed by atoms with Gasteiger partial charge in [-0.1, -0.05) is 0 Å². The lowest BCUT2D eigenvalue weighted by Crippen LogP contribution is -2.02. The largest absolute Gasteiger partial charge is 0.504 e. The van der Waals surface area contributed by atoms with Gasteiger partial charge >= 0.3 is 0 Å². The summed E-state index contributed by atoms with van der Waals surface area (Å²) in [5.74, 6) is 1.88. The number of nitrogen functional groups attached to an aromatic ring is 1. The van der Waals surface area contributed by atoms with Gasteiger partial charge in [-0.3, -0.25) is 0 Å². The standard InChI is InChI=1S/C14H14BrN3O2/c1-20-10-5-4-8(6-9(10)19)14-17-12(7-2-3-7)11(15)13(16)18-14/h4-7,19H,2-3H2,1H3,(H2,16,17,18). The maximum absolute atomic E-state index is 9.85. The number of nitrogens with zero attached hydrogens (tertiary/aromatic N) is 2. The fourth-order valence-electron chi connectivity index (χ4n) is 2.07. The fraction of sp³-hybridized carbons (Fsp3) is 0.286. The molecule has 1 aliphatic carbocycles. The molecule has 0 bridgehead atoms. The van der Waals surface area contributed by atoms with Gasteiger partial charge in [0.05, 0.1) is 17.3 Å². The predicted octanol–water partition coefficient (Wildman–Crippen LogP) is 3.08. The summed E-state index contributed by atoms with van der Waals surface area (Å²) in [6.45, 7) is 0. The molecule has 0 saturated heterocycles. The van der Waals surface area contributed by atoms with E-state index in [4.69, 9.17) is 10.5 Å². The van der Waals surface area contributed by atoms with Gasteiger partial charge in [-0.2, -0.15) is 0 Å². The first-order valence-electron chi connectivity index (χ1n) is 6.30. The SMILES string of the molecule is COc1ccc(-c2nc(N)c(Br)c(C3CC3)n2)cc1O. The van der Waals surface area contributed by atoms with Gasteiger partial charge in [0.2, 0.25) is 0 Å². The zero-order valence-electron chi connectivity index (χ0n) is 10.9. The third kappa shape index (κ3) is 2.31. The predicted molar refractivity (Wildman–Crippen MR) is 79.8 cm³/mol. The first-order valence-corrected chi connectivity index (χ1v) is 7.09. The van der Waals surface area contributed by atoms with Crippen molar-refractivity contribution in [3.63, 3.8) is 0 Å². The zero-order valence-corrected chi connectivity index (χ0v) is 12.5. The number of rotatable bonds is 3. The summed E-state index contributed by atoms with van der Waals surface area (Å²) in [6.07, 6.45) is 2.25. The fourth-order valence-corrected chi connectivity index (χ4v) is 2.57. The molecule has 1 aliphatic rings. The first-order chi connectivity index (χ1) is 9.60. The van der Waals surface area contributed by atoms with E-state index in [1.165, 1.54) is 7.11 Å². The summed E-state index contributed by atoms with van der Waals surface area (Å²) in [6, 6.07) is 5.07. The molecule has 1 aromatic carbocycles. The topological polar surface area (TPSA) is 81.3 Å². The zero-order chi connectivity index (χ0) is 14.3. The van der Waals surface area contributed by atoms with Crippen LogP contribution in [0.4, 0.5) is 5.82 Å². The Balaban J connectivity index is 2.07. The number of aromatic nitrogens is 2. The van der Waals surface area contributed by atoms with Gasteiger partial charge in [0, 0.05) is 11.5 Å². The molecule has 3 N–H and O–H groups in total. The third-order valence-electron chi connectivity index (χ3n) is 3.30. The van der Waals surface area contributed by atoms with Crippen molar-refractivity contribution in [3.05, 3.63) is 28.4 Å². The molecule has 20 heavy (non-hydrogen) atoms. The average molecular weight is 336 g/mol. The van der Waals surface area contributed by atoms with Crippen molar-refractivity contribution < 1.29 is 9.84 Å². The van der Waals surface area contributed by atoms with Crippen LogP contribution in [0.3, 0.4) is 0 Å².